The molecule has 1 saturated carbocycles. The normalized spacial score (nSPS) is 19.6. The van der Waals surface area contributed by atoms with Crippen LogP contribution in [0.15, 0.2) is 30.5 Å². The van der Waals surface area contributed by atoms with Crippen molar-refractivity contribution in [3.05, 3.63) is 47.3 Å². The predicted octanol–water partition coefficient (Wildman–Crippen LogP) is 4.20. The Kier molecular flexibility index (Phi) is 5.27. The van der Waals surface area contributed by atoms with Crippen LogP contribution in [-0.4, -0.2) is 34.8 Å². The van der Waals surface area contributed by atoms with Crippen LogP contribution in [0.25, 0.3) is 0 Å². The molecule has 1 N–H and O–H groups in total. The maximum absolute atomic E-state index is 12.9. The average Bonchev–Trinajstić information content (AvgIpc) is 3.26. The number of benzene rings is 1. The van der Waals surface area contributed by atoms with Gasteiger partial charge in [0.2, 0.25) is 0 Å². The maximum Gasteiger partial charge on any atom is 0.416 e. The second-order valence-electron chi connectivity index (χ2n) is 7.89. The minimum absolute atomic E-state index is 0.0358. The molecule has 156 valence electrons. The van der Waals surface area contributed by atoms with Crippen molar-refractivity contribution >= 4 is 11.6 Å². The van der Waals surface area contributed by atoms with Gasteiger partial charge in [-0.15, -0.1) is 0 Å². The van der Waals surface area contributed by atoms with E-state index in [1.54, 1.807) is 6.20 Å². The van der Waals surface area contributed by atoms with Crippen molar-refractivity contribution in [3.63, 3.8) is 0 Å². The number of nitrogens with zero attached hydrogens (tertiary/aromatic N) is 3. The molecule has 0 radical (unpaired) electrons. The summed E-state index contributed by atoms with van der Waals surface area (Å²) in [6.45, 7) is 4.18. The molecule has 1 saturated heterocycles. The van der Waals surface area contributed by atoms with Gasteiger partial charge in [-0.3, -0.25) is 9.48 Å². The van der Waals surface area contributed by atoms with E-state index in [9.17, 15) is 18.0 Å². The molecule has 2 aromatic rings. The van der Waals surface area contributed by atoms with Gasteiger partial charge in [-0.1, -0.05) is 6.92 Å². The summed E-state index contributed by atoms with van der Waals surface area (Å²) in [6.07, 6.45) is 1.26. The molecule has 1 aliphatic carbocycles. The molecular weight excluding hydrogens is 381 g/mol. The monoisotopic (exact) mass is 406 g/mol. The van der Waals surface area contributed by atoms with Crippen LogP contribution in [0.3, 0.4) is 0 Å². The SMILES string of the molecule is CCCn1ncc(C(=O)NC2CCN(c3ccc(C(F)(F)F)cc3)C2)c1C1CC1. The first-order valence-corrected chi connectivity index (χ1v) is 10.2. The quantitative estimate of drug-likeness (QED) is 0.782. The molecule has 2 heterocycles. The van der Waals surface area contributed by atoms with Crippen molar-refractivity contribution in [3.8, 4) is 0 Å². The molecule has 1 unspecified atom stereocenters. The van der Waals surface area contributed by atoms with Gasteiger partial charge in [0.1, 0.15) is 0 Å². The highest BCUT2D eigenvalue weighted by atomic mass is 19.4. The summed E-state index contributed by atoms with van der Waals surface area (Å²) in [5.41, 5.74) is 1.79. The molecule has 0 spiro atoms. The number of carbonyl (C=O) groups excluding carboxylic acids is 1. The van der Waals surface area contributed by atoms with Crippen LogP contribution in [0.2, 0.25) is 0 Å². The van der Waals surface area contributed by atoms with Crippen molar-refractivity contribution < 1.29 is 18.0 Å². The first kappa shape index (κ1) is 19.8. The van der Waals surface area contributed by atoms with Crippen LogP contribution in [0.4, 0.5) is 18.9 Å². The van der Waals surface area contributed by atoms with Crippen LogP contribution in [0, 0.1) is 0 Å². The number of carbonyl (C=O) groups is 1. The highest BCUT2D eigenvalue weighted by Crippen LogP contribution is 2.41. The topological polar surface area (TPSA) is 50.2 Å². The molecule has 2 aliphatic rings. The molecule has 4 rings (SSSR count). The van der Waals surface area contributed by atoms with Gasteiger partial charge < -0.3 is 10.2 Å². The number of nitrogens with one attached hydrogen (secondary N) is 1. The Morgan fingerprint density at radius 3 is 2.55 bits per heavy atom. The number of rotatable bonds is 6. The summed E-state index contributed by atoms with van der Waals surface area (Å²) in [5.74, 6) is 0.325. The van der Waals surface area contributed by atoms with Gasteiger partial charge in [-0.25, -0.2) is 0 Å². The lowest BCUT2D eigenvalue weighted by Gasteiger charge is -2.20. The van der Waals surface area contributed by atoms with E-state index in [1.807, 2.05) is 9.58 Å². The first-order valence-electron chi connectivity index (χ1n) is 10.2. The molecule has 0 bridgehead atoms. The molecule has 5 nitrogen and oxygen atoms in total. The van der Waals surface area contributed by atoms with Crippen LogP contribution >= 0.6 is 0 Å². The van der Waals surface area contributed by atoms with E-state index in [0.717, 1.165) is 55.7 Å². The number of amides is 1. The van der Waals surface area contributed by atoms with E-state index < -0.39 is 11.7 Å². The van der Waals surface area contributed by atoms with Crippen LogP contribution in [0.5, 0.6) is 0 Å². The van der Waals surface area contributed by atoms with Gasteiger partial charge in [0.25, 0.3) is 5.91 Å². The third-order valence-electron chi connectivity index (χ3n) is 5.61. The second-order valence-corrected chi connectivity index (χ2v) is 7.89. The Morgan fingerprint density at radius 1 is 1.21 bits per heavy atom. The minimum Gasteiger partial charge on any atom is -0.369 e. The van der Waals surface area contributed by atoms with Crippen LogP contribution in [0.1, 0.15) is 60.1 Å². The summed E-state index contributed by atoms with van der Waals surface area (Å²) in [4.78, 5) is 14.9. The standard InChI is InChI=1S/C21H25F3N4O/c1-2-10-28-19(14-3-4-14)18(12-25-28)20(29)26-16-9-11-27(13-16)17-7-5-15(6-8-17)21(22,23)24/h5-8,12,14,16H,2-4,9-11,13H2,1H3,(H,26,29). The molecule has 1 atom stereocenters. The fourth-order valence-corrected chi connectivity index (χ4v) is 3.98. The predicted molar refractivity (Wildman–Crippen MR) is 104 cm³/mol. The second kappa shape index (κ2) is 7.72. The number of halogens is 3. The number of aryl methyl sites for hydroxylation is 1. The molecule has 2 fully saturated rings. The number of hydrogen-bond acceptors (Lipinski definition) is 3. The van der Waals surface area contributed by atoms with Gasteiger partial charge in [-0.05, 0) is 49.9 Å². The zero-order valence-electron chi connectivity index (χ0n) is 16.4. The summed E-state index contributed by atoms with van der Waals surface area (Å²) in [7, 11) is 0. The molecule has 1 aliphatic heterocycles. The Labute approximate surface area is 167 Å². The Hall–Kier alpha value is -2.51. The van der Waals surface area contributed by atoms with Crippen molar-refractivity contribution in [2.45, 2.75) is 57.3 Å². The third kappa shape index (κ3) is 4.26. The number of hydrogen-bond donors (Lipinski definition) is 1. The van der Waals surface area contributed by atoms with Gasteiger partial charge in [0.05, 0.1) is 23.0 Å². The summed E-state index contributed by atoms with van der Waals surface area (Å²) in [6, 6.07) is 5.16. The van der Waals surface area contributed by atoms with E-state index in [-0.39, 0.29) is 11.9 Å². The van der Waals surface area contributed by atoms with Crippen LogP contribution < -0.4 is 10.2 Å². The van der Waals surface area contributed by atoms with Crippen molar-refractivity contribution in [1.82, 2.24) is 15.1 Å². The van der Waals surface area contributed by atoms with Crippen molar-refractivity contribution in [2.24, 2.45) is 0 Å². The molecule has 1 amide bonds. The molecule has 1 aromatic carbocycles. The molecule has 29 heavy (non-hydrogen) atoms. The van der Waals surface area contributed by atoms with Crippen molar-refractivity contribution in [2.75, 3.05) is 18.0 Å². The van der Waals surface area contributed by atoms with Gasteiger partial charge in [0, 0.05) is 37.3 Å². The van der Waals surface area contributed by atoms with Gasteiger partial charge >= 0.3 is 6.18 Å². The Bertz CT molecular complexity index is 871. The van der Waals surface area contributed by atoms with E-state index in [2.05, 4.69) is 17.3 Å². The smallest absolute Gasteiger partial charge is 0.369 e. The number of aromatic nitrogens is 2. The minimum atomic E-state index is -4.33. The highest BCUT2D eigenvalue weighted by molar-refractivity contribution is 5.95. The fourth-order valence-electron chi connectivity index (χ4n) is 3.98. The average molecular weight is 406 g/mol. The number of anilines is 1. The molecular formula is C21H25F3N4O. The van der Waals surface area contributed by atoms with E-state index in [0.29, 0.717) is 24.6 Å². The zero-order chi connectivity index (χ0) is 20.6. The fraction of sp³-hybridized carbons (Fsp3) is 0.524. The number of alkyl halides is 3. The lowest BCUT2D eigenvalue weighted by molar-refractivity contribution is -0.137. The first-order chi connectivity index (χ1) is 13.9. The Balaban J connectivity index is 1.40. The summed E-state index contributed by atoms with van der Waals surface area (Å²) in [5, 5.41) is 7.50. The summed E-state index contributed by atoms with van der Waals surface area (Å²) < 4.78 is 40.2. The third-order valence-corrected chi connectivity index (χ3v) is 5.61. The van der Waals surface area contributed by atoms with Gasteiger partial charge in [-0.2, -0.15) is 18.3 Å². The lowest BCUT2D eigenvalue weighted by Crippen LogP contribution is -2.37. The van der Waals surface area contributed by atoms with Crippen molar-refractivity contribution in [1.29, 1.82) is 0 Å². The highest BCUT2D eigenvalue weighted by Gasteiger charge is 2.34. The Morgan fingerprint density at radius 2 is 1.93 bits per heavy atom. The largest absolute Gasteiger partial charge is 0.416 e. The molecule has 8 heteroatoms. The molecule has 1 aromatic heterocycles. The van der Waals surface area contributed by atoms with E-state index >= 15 is 0 Å². The van der Waals surface area contributed by atoms with Gasteiger partial charge in [0.15, 0.2) is 0 Å². The van der Waals surface area contributed by atoms with Crippen LogP contribution in [-0.2, 0) is 12.7 Å². The maximum atomic E-state index is 12.9. The van der Waals surface area contributed by atoms with E-state index in [4.69, 9.17) is 0 Å². The summed E-state index contributed by atoms with van der Waals surface area (Å²) >= 11 is 0. The van der Waals surface area contributed by atoms with E-state index in [1.165, 1.54) is 12.1 Å². The lowest BCUT2D eigenvalue weighted by atomic mass is 10.1. The zero-order valence-corrected chi connectivity index (χ0v) is 16.4.